The van der Waals surface area contributed by atoms with Gasteiger partial charge in [0, 0.05) is 0 Å². The molecule has 5 amide bonds. The molecule has 0 aromatic heterocycles. The Kier molecular flexibility index (Phi) is 7.70. The lowest BCUT2D eigenvalue weighted by atomic mass is 10.0. The fraction of sp³-hybridized carbons (Fsp3) is 0.0323. The molecule has 4 aromatic rings. The van der Waals surface area contributed by atoms with Crippen molar-refractivity contribution in [3.8, 4) is 5.75 Å². The minimum Gasteiger partial charge on any atom is -0.484 e. The number of anilines is 3. The number of amides is 5. The number of barbiturate groups is 1. The highest BCUT2D eigenvalue weighted by atomic mass is 35.5. The highest BCUT2D eigenvalue weighted by Crippen LogP contribution is 2.29. The van der Waals surface area contributed by atoms with Gasteiger partial charge in [0.1, 0.15) is 11.3 Å². The maximum atomic E-state index is 13.5. The summed E-state index contributed by atoms with van der Waals surface area (Å²) in [5.74, 6) is -1.44. The number of rotatable bonds is 7. The van der Waals surface area contributed by atoms with E-state index in [1.165, 1.54) is 6.08 Å². The predicted octanol–water partition coefficient (Wildman–Crippen LogP) is 5.94. The van der Waals surface area contributed by atoms with Gasteiger partial charge < -0.3 is 10.1 Å². The number of imide groups is 2. The summed E-state index contributed by atoms with van der Waals surface area (Å²) in [7, 11) is 0. The third-order valence-corrected chi connectivity index (χ3v) is 6.32. The van der Waals surface area contributed by atoms with Crippen LogP contribution in [-0.4, -0.2) is 30.4 Å². The van der Waals surface area contributed by atoms with E-state index in [9.17, 15) is 19.2 Å². The van der Waals surface area contributed by atoms with Gasteiger partial charge in [-0.05, 0) is 60.2 Å². The van der Waals surface area contributed by atoms with E-state index in [4.69, 9.17) is 16.3 Å². The number of halogens is 1. The van der Waals surface area contributed by atoms with Crippen LogP contribution < -0.4 is 19.9 Å². The molecular weight excluding hydrogens is 530 g/mol. The number of hydrogen-bond donors (Lipinski definition) is 1. The average Bonchev–Trinajstić information content (AvgIpc) is 2.97. The van der Waals surface area contributed by atoms with Crippen LogP contribution in [-0.2, 0) is 14.4 Å². The molecular formula is C31H22ClN3O5. The Morgan fingerprint density at radius 2 is 1.25 bits per heavy atom. The van der Waals surface area contributed by atoms with Crippen molar-refractivity contribution in [1.82, 2.24) is 0 Å². The SMILES string of the molecule is O=C(COc1ccc(C=C2C(=O)N(c3ccccc3)C(=O)N(c3ccccc3)C2=O)cc1)Nc1ccccc1Cl. The third-order valence-electron chi connectivity index (χ3n) is 5.99. The first kappa shape index (κ1) is 26.4. The van der Waals surface area contributed by atoms with Crippen LogP contribution >= 0.6 is 11.6 Å². The molecule has 8 nitrogen and oxygen atoms in total. The van der Waals surface area contributed by atoms with Crippen LogP contribution in [0.2, 0.25) is 5.02 Å². The summed E-state index contributed by atoms with van der Waals surface area (Å²) >= 11 is 6.07. The van der Waals surface area contributed by atoms with E-state index < -0.39 is 17.8 Å². The number of carbonyl (C=O) groups excluding carboxylic acids is 4. The van der Waals surface area contributed by atoms with Gasteiger partial charge in [0.15, 0.2) is 6.61 Å². The Balaban J connectivity index is 1.37. The summed E-state index contributed by atoms with van der Waals surface area (Å²) < 4.78 is 5.56. The number of hydrogen-bond acceptors (Lipinski definition) is 5. The van der Waals surface area contributed by atoms with Crippen LogP contribution in [0.3, 0.4) is 0 Å². The molecule has 0 atom stereocenters. The molecule has 0 saturated carbocycles. The zero-order valence-electron chi connectivity index (χ0n) is 21.0. The number of para-hydroxylation sites is 3. The topological polar surface area (TPSA) is 96.0 Å². The van der Waals surface area contributed by atoms with Crippen molar-refractivity contribution in [3.05, 3.63) is 125 Å². The molecule has 1 heterocycles. The lowest BCUT2D eigenvalue weighted by Crippen LogP contribution is -2.57. The monoisotopic (exact) mass is 551 g/mol. The van der Waals surface area contributed by atoms with Crippen LogP contribution in [0.5, 0.6) is 5.75 Å². The zero-order chi connectivity index (χ0) is 28.1. The van der Waals surface area contributed by atoms with Crippen LogP contribution in [0.15, 0.2) is 115 Å². The quantitative estimate of drug-likeness (QED) is 0.226. The molecule has 198 valence electrons. The Hall–Kier alpha value is -5.21. The first-order valence-corrected chi connectivity index (χ1v) is 12.6. The Bertz CT molecular complexity index is 1540. The second-order valence-electron chi connectivity index (χ2n) is 8.68. The van der Waals surface area contributed by atoms with Crippen molar-refractivity contribution in [2.24, 2.45) is 0 Å². The van der Waals surface area contributed by atoms with Crippen molar-refractivity contribution in [1.29, 1.82) is 0 Å². The van der Waals surface area contributed by atoms with Crippen molar-refractivity contribution >= 4 is 58.5 Å². The fourth-order valence-electron chi connectivity index (χ4n) is 4.06. The Morgan fingerprint density at radius 1 is 0.725 bits per heavy atom. The number of nitrogens with one attached hydrogen (secondary N) is 1. The summed E-state index contributed by atoms with van der Waals surface area (Å²) in [5, 5.41) is 3.09. The molecule has 4 aromatic carbocycles. The second kappa shape index (κ2) is 11.7. The standard InChI is InChI=1S/C31H22ClN3O5/c32-26-13-7-8-14-27(26)33-28(36)20-40-24-17-15-21(16-18-24)19-25-29(37)34(22-9-3-1-4-10-22)31(39)35(30(25)38)23-11-5-2-6-12-23/h1-19H,20H2,(H,33,36). The number of benzene rings is 4. The molecule has 0 unspecified atom stereocenters. The molecule has 1 aliphatic heterocycles. The van der Waals surface area contributed by atoms with Crippen molar-refractivity contribution < 1.29 is 23.9 Å². The molecule has 0 spiro atoms. The molecule has 5 rings (SSSR count). The first-order chi connectivity index (χ1) is 19.4. The predicted molar refractivity (Wildman–Crippen MR) is 153 cm³/mol. The van der Waals surface area contributed by atoms with Gasteiger partial charge in [-0.1, -0.05) is 72.3 Å². The highest BCUT2D eigenvalue weighted by molar-refractivity contribution is 6.46. The summed E-state index contributed by atoms with van der Waals surface area (Å²) in [6.07, 6.45) is 1.43. The van der Waals surface area contributed by atoms with Crippen LogP contribution in [0.1, 0.15) is 5.56 Å². The van der Waals surface area contributed by atoms with Gasteiger partial charge in [0.25, 0.3) is 17.7 Å². The van der Waals surface area contributed by atoms with E-state index in [2.05, 4.69) is 5.32 Å². The molecule has 0 aliphatic carbocycles. The maximum absolute atomic E-state index is 13.5. The van der Waals surface area contributed by atoms with Gasteiger partial charge in [-0.15, -0.1) is 0 Å². The average molecular weight is 552 g/mol. The number of nitrogens with zero attached hydrogens (tertiary/aromatic N) is 2. The van der Waals surface area contributed by atoms with Crippen molar-refractivity contribution in [2.75, 3.05) is 21.7 Å². The minimum atomic E-state index is -0.761. The van der Waals surface area contributed by atoms with Crippen LogP contribution in [0.4, 0.5) is 21.9 Å². The molecule has 1 aliphatic rings. The van der Waals surface area contributed by atoms with Crippen molar-refractivity contribution in [2.45, 2.75) is 0 Å². The Labute approximate surface area is 235 Å². The van der Waals surface area contributed by atoms with E-state index in [-0.39, 0.29) is 18.1 Å². The summed E-state index contributed by atoms with van der Waals surface area (Å²) in [6, 6.07) is 29.5. The van der Waals surface area contributed by atoms with Gasteiger partial charge >= 0.3 is 6.03 Å². The third kappa shape index (κ3) is 5.62. The number of urea groups is 1. The number of ether oxygens (including phenoxy) is 1. The fourth-order valence-corrected chi connectivity index (χ4v) is 4.25. The molecule has 0 bridgehead atoms. The maximum Gasteiger partial charge on any atom is 0.343 e. The zero-order valence-corrected chi connectivity index (χ0v) is 21.7. The van der Waals surface area contributed by atoms with E-state index in [0.717, 1.165) is 9.80 Å². The second-order valence-corrected chi connectivity index (χ2v) is 9.09. The van der Waals surface area contributed by atoms with Crippen molar-refractivity contribution in [3.63, 3.8) is 0 Å². The molecule has 0 radical (unpaired) electrons. The largest absolute Gasteiger partial charge is 0.484 e. The first-order valence-electron chi connectivity index (χ1n) is 12.2. The molecule has 40 heavy (non-hydrogen) atoms. The molecule has 9 heteroatoms. The van der Waals surface area contributed by atoms with Gasteiger partial charge in [-0.25, -0.2) is 14.6 Å². The van der Waals surface area contributed by atoms with Gasteiger partial charge in [0.2, 0.25) is 0 Å². The van der Waals surface area contributed by atoms with E-state index in [1.807, 2.05) is 0 Å². The van der Waals surface area contributed by atoms with Gasteiger partial charge in [-0.3, -0.25) is 14.4 Å². The summed E-state index contributed by atoms with van der Waals surface area (Å²) in [5.41, 5.74) is 1.51. The Morgan fingerprint density at radius 3 is 1.80 bits per heavy atom. The van der Waals surface area contributed by atoms with Gasteiger partial charge in [0.05, 0.1) is 22.1 Å². The summed E-state index contributed by atoms with van der Waals surface area (Å²) in [4.78, 5) is 54.5. The lowest BCUT2D eigenvalue weighted by Gasteiger charge is -2.33. The highest BCUT2D eigenvalue weighted by Gasteiger charge is 2.43. The number of carbonyl (C=O) groups is 4. The van der Waals surface area contributed by atoms with E-state index in [1.54, 1.807) is 109 Å². The smallest absolute Gasteiger partial charge is 0.343 e. The molecule has 1 saturated heterocycles. The molecule has 1 fully saturated rings. The normalized spacial score (nSPS) is 13.3. The van der Waals surface area contributed by atoms with Crippen LogP contribution in [0, 0.1) is 0 Å². The van der Waals surface area contributed by atoms with Crippen LogP contribution in [0.25, 0.3) is 6.08 Å². The lowest BCUT2D eigenvalue weighted by molar-refractivity contribution is -0.121. The molecule has 1 N–H and O–H groups in total. The van der Waals surface area contributed by atoms with E-state index >= 15 is 0 Å². The minimum absolute atomic E-state index is 0.180. The summed E-state index contributed by atoms with van der Waals surface area (Å²) in [6.45, 7) is -0.247. The van der Waals surface area contributed by atoms with E-state index in [0.29, 0.717) is 33.4 Å². The van der Waals surface area contributed by atoms with Gasteiger partial charge in [-0.2, -0.15) is 0 Å².